The van der Waals surface area contributed by atoms with Crippen molar-refractivity contribution >= 4 is 11.9 Å². The Labute approximate surface area is 128 Å². The number of ether oxygens (including phenoxy) is 1. The van der Waals surface area contributed by atoms with Gasteiger partial charge < -0.3 is 15.2 Å². The zero-order valence-electron chi connectivity index (χ0n) is 12.5. The number of carbonyl (C=O) groups is 2. The van der Waals surface area contributed by atoms with Crippen LogP contribution in [0.15, 0.2) is 18.2 Å². The van der Waals surface area contributed by atoms with Crippen molar-refractivity contribution in [2.24, 2.45) is 0 Å². The quantitative estimate of drug-likeness (QED) is 0.839. The number of carboxylic acids is 1. The third-order valence-corrected chi connectivity index (χ3v) is 4.13. The molecular weight excluding hydrogens is 289 g/mol. The number of carbonyl (C=O) groups excluding carboxylic acids is 1. The fourth-order valence-corrected chi connectivity index (χ4v) is 2.87. The minimum absolute atomic E-state index is 0.00683. The Morgan fingerprint density at radius 1 is 1.23 bits per heavy atom. The Morgan fingerprint density at radius 3 is 2.41 bits per heavy atom. The van der Waals surface area contributed by atoms with Crippen molar-refractivity contribution in [3.8, 4) is 5.75 Å². The van der Waals surface area contributed by atoms with E-state index in [0.717, 1.165) is 31.7 Å². The first kappa shape index (κ1) is 16.3. The number of carboxylic acid groups (broad SMARTS) is 1. The van der Waals surface area contributed by atoms with E-state index in [1.165, 1.54) is 19.2 Å². The van der Waals surface area contributed by atoms with Gasteiger partial charge >= 0.3 is 5.97 Å². The Morgan fingerprint density at radius 2 is 1.86 bits per heavy atom. The highest BCUT2D eigenvalue weighted by Crippen LogP contribution is 2.29. The number of benzene rings is 1. The summed E-state index contributed by atoms with van der Waals surface area (Å²) in [5.74, 6) is -2.02. The van der Waals surface area contributed by atoms with Gasteiger partial charge in [-0.05, 0) is 31.0 Å². The van der Waals surface area contributed by atoms with Crippen LogP contribution >= 0.6 is 0 Å². The second-order valence-electron chi connectivity index (χ2n) is 5.60. The summed E-state index contributed by atoms with van der Waals surface area (Å²) >= 11 is 0. The van der Waals surface area contributed by atoms with Crippen LogP contribution < -0.4 is 10.1 Å². The molecule has 5 nitrogen and oxygen atoms in total. The molecule has 0 spiro atoms. The van der Waals surface area contributed by atoms with Gasteiger partial charge in [0.2, 0.25) is 0 Å². The molecule has 1 aromatic carbocycles. The molecule has 0 atom stereocenters. The number of halogens is 1. The molecular formula is C16H20FNO4. The van der Waals surface area contributed by atoms with Crippen LogP contribution in [0.3, 0.4) is 0 Å². The molecule has 1 saturated carbocycles. The smallest absolute Gasteiger partial charge is 0.329 e. The van der Waals surface area contributed by atoms with E-state index in [9.17, 15) is 19.1 Å². The van der Waals surface area contributed by atoms with Gasteiger partial charge in [0, 0.05) is 0 Å². The van der Waals surface area contributed by atoms with Crippen LogP contribution in [0.2, 0.25) is 0 Å². The van der Waals surface area contributed by atoms with Crippen molar-refractivity contribution in [2.45, 2.75) is 44.1 Å². The number of nitrogens with one attached hydrogen (secondary N) is 1. The van der Waals surface area contributed by atoms with Crippen LogP contribution in [0.25, 0.3) is 0 Å². The maximum Gasteiger partial charge on any atom is 0.329 e. The summed E-state index contributed by atoms with van der Waals surface area (Å²) in [4.78, 5) is 24.1. The van der Waals surface area contributed by atoms with Crippen LogP contribution in [-0.2, 0) is 4.79 Å². The van der Waals surface area contributed by atoms with E-state index in [-0.39, 0.29) is 11.3 Å². The molecule has 0 radical (unpaired) electrons. The summed E-state index contributed by atoms with van der Waals surface area (Å²) in [6.45, 7) is 0. The highest BCUT2D eigenvalue weighted by Gasteiger charge is 2.40. The number of rotatable bonds is 4. The first-order valence-electron chi connectivity index (χ1n) is 7.38. The van der Waals surface area contributed by atoms with Crippen molar-refractivity contribution < 1.29 is 23.8 Å². The topological polar surface area (TPSA) is 75.6 Å². The van der Waals surface area contributed by atoms with Gasteiger partial charge in [-0.1, -0.05) is 25.7 Å². The second-order valence-corrected chi connectivity index (χ2v) is 5.60. The zero-order chi connectivity index (χ0) is 16.2. The first-order chi connectivity index (χ1) is 10.5. The van der Waals surface area contributed by atoms with Gasteiger partial charge in [0.1, 0.15) is 17.1 Å². The molecule has 1 aliphatic rings. The molecule has 0 bridgehead atoms. The van der Waals surface area contributed by atoms with Crippen LogP contribution in [0.4, 0.5) is 4.39 Å². The SMILES string of the molecule is COc1ccc(F)cc1C(=O)NC1(C(=O)O)CCCCCC1. The standard InChI is InChI=1S/C16H20FNO4/c1-22-13-7-6-11(17)10-12(13)14(19)18-16(15(20)21)8-4-2-3-5-9-16/h6-7,10H,2-5,8-9H2,1H3,(H,18,19)(H,20,21). The molecule has 1 aromatic rings. The number of amides is 1. The van der Waals surface area contributed by atoms with Crippen molar-refractivity contribution in [1.82, 2.24) is 5.32 Å². The molecule has 2 rings (SSSR count). The van der Waals surface area contributed by atoms with Crippen molar-refractivity contribution in [3.63, 3.8) is 0 Å². The largest absolute Gasteiger partial charge is 0.496 e. The predicted molar refractivity (Wildman–Crippen MR) is 78.5 cm³/mol. The Hall–Kier alpha value is -2.11. The molecule has 1 fully saturated rings. The molecule has 0 unspecified atom stereocenters. The molecule has 0 aliphatic heterocycles. The average molecular weight is 309 g/mol. The summed E-state index contributed by atoms with van der Waals surface area (Å²) in [6, 6.07) is 3.60. The molecule has 1 aliphatic carbocycles. The number of methoxy groups -OCH3 is 1. The van der Waals surface area contributed by atoms with Gasteiger partial charge in [0.15, 0.2) is 0 Å². The van der Waals surface area contributed by atoms with Crippen LogP contribution in [0.5, 0.6) is 5.75 Å². The molecule has 2 N–H and O–H groups in total. The van der Waals surface area contributed by atoms with E-state index in [1.807, 2.05) is 0 Å². The molecule has 0 heterocycles. The van der Waals surface area contributed by atoms with E-state index in [4.69, 9.17) is 4.74 Å². The maximum absolute atomic E-state index is 13.4. The summed E-state index contributed by atoms with van der Waals surface area (Å²) in [5.41, 5.74) is -1.28. The molecule has 6 heteroatoms. The fraction of sp³-hybridized carbons (Fsp3) is 0.500. The number of aliphatic carboxylic acids is 1. The van der Waals surface area contributed by atoms with Gasteiger partial charge in [-0.2, -0.15) is 0 Å². The van der Waals surface area contributed by atoms with Gasteiger partial charge in [-0.25, -0.2) is 9.18 Å². The lowest BCUT2D eigenvalue weighted by molar-refractivity contribution is -0.145. The Kier molecular flexibility index (Phi) is 5.00. The van der Waals surface area contributed by atoms with Gasteiger partial charge in [-0.3, -0.25) is 4.79 Å². The van der Waals surface area contributed by atoms with E-state index in [1.54, 1.807) is 0 Å². The van der Waals surface area contributed by atoms with Crippen LogP contribution in [0.1, 0.15) is 48.9 Å². The fourth-order valence-electron chi connectivity index (χ4n) is 2.87. The third kappa shape index (κ3) is 3.37. The van der Waals surface area contributed by atoms with Crippen LogP contribution in [0, 0.1) is 5.82 Å². The summed E-state index contributed by atoms with van der Waals surface area (Å²) < 4.78 is 18.4. The normalized spacial score (nSPS) is 17.4. The van der Waals surface area contributed by atoms with E-state index in [2.05, 4.69) is 5.32 Å². The highest BCUT2D eigenvalue weighted by atomic mass is 19.1. The Bertz CT molecular complexity index is 565. The highest BCUT2D eigenvalue weighted by molar-refractivity contribution is 6.00. The monoisotopic (exact) mass is 309 g/mol. The second kappa shape index (κ2) is 6.77. The van der Waals surface area contributed by atoms with Gasteiger partial charge in [-0.15, -0.1) is 0 Å². The van der Waals surface area contributed by atoms with Crippen molar-refractivity contribution in [1.29, 1.82) is 0 Å². The maximum atomic E-state index is 13.4. The zero-order valence-corrected chi connectivity index (χ0v) is 12.5. The van der Waals surface area contributed by atoms with E-state index in [0.29, 0.717) is 12.8 Å². The molecule has 0 aromatic heterocycles. The van der Waals surface area contributed by atoms with Crippen molar-refractivity contribution in [3.05, 3.63) is 29.6 Å². The molecule has 120 valence electrons. The first-order valence-corrected chi connectivity index (χ1v) is 7.38. The van der Waals surface area contributed by atoms with Gasteiger partial charge in [0.05, 0.1) is 12.7 Å². The molecule has 1 amide bonds. The number of hydrogen-bond donors (Lipinski definition) is 2. The van der Waals surface area contributed by atoms with E-state index < -0.39 is 23.2 Å². The van der Waals surface area contributed by atoms with Gasteiger partial charge in [0.25, 0.3) is 5.91 Å². The molecule has 0 saturated heterocycles. The van der Waals surface area contributed by atoms with Crippen LogP contribution in [-0.4, -0.2) is 29.6 Å². The van der Waals surface area contributed by atoms with E-state index >= 15 is 0 Å². The minimum atomic E-state index is -1.29. The third-order valence-electron chi connectivity index (χ3n) is 4.13. The average Bonchev–Trinajstić information content (AvgIpc) is 2.73. The summed E-state index contributed by atoms with van der Waals surface area (Å²) in [5, 5.41) is 12.2. The lowest BCUT2D eigenvalue weighted by atomic mass is 9.89. The summed E-state index contributed by atoms with van der Waals surface area (Å²) in [6.07, 6.45) is 4.15. The lowest BCUT2D eigenvalue weighted by Gasteiger charge is -2.29. The summed E-state index contributed by atoms with van der Waals surface area (Å²) in [7, 11) is 1.38. The van der Waals surface area contributed by atoms with Crippen molar-refractivity contribution in [2.75, 3.05) is 7.11 Å². The Balaban J connectivity index is 2.28. The lowest BCUT2D eigenvalue weighted by Crippen LogP contribution is -2.54. The number of hydrogen-bond acceptors (Lipinski definition) is 3. The minimum Gasteiger partial charge on any atom is -0.496 e. The predicted octanol–water partition coefficient (Wildman–Crippen LogP) is 2.74. The molecule has 22 heavy (non-hydrogen) atoms.